The van der Waals surface area contributed by atoms with Crippen molar-refractivity contribution < 1.29 is 4.52 Å². The molecule has 0 unspecified atom stereocenters. The number of rotatable bonds is 4. The third-order valence-corrected chi connectivity index (χ3v) is 2.89. The van der Waals surface area contributed by atoms with Crippen LogP contribution in [0.1, 0.15) is 42.3 Å². The summed E-state index contributed by atoms with van der Waals surface area (Å²) in [6, 6.07) is 6.89. The van der Waals surface area contributed by atoms with E-state index in [1.54, 1.807) is 0 Å². The highest BCUT2D eigenvalue weighted by Gasteiger charge is 2.09. The Bertz CT molecular complexity index is 532. The Hall–Kier alpha value is -1.84. The van der Waals surface area contributed by atoms with Crippen LogP contribution in [0.25, 0.3) is 0 Å². The molecule has 0 atom stereocenters. The largest absolute Gasteiger partial charge is 0.334 e. The average Bonchev–Trinajstić information content (AvgIpc) is 2.76. The lowest BCUT2D eigenvalue weighted by Gasteiger charge is -2.06. The zero-order valence-electron chi connectivity index (χ0n) is 11.3. The third-order valence-electron chi connectivity index (χ3n) is 2.89. The second-order valence-corrected chi connectivity index (χ2v) is 4.90. The Morgan fingerprint density at radius 3 is 2.67 bits per heavy atom. The molecular weight excluding hydrogens is 226 g/mol. The molecule has 96 valence electrons. The first-order valence-corrected chi connectivity index (χ1v) is 6.20. The van der Waals surface area contributed by atoms with Gasteiger partial charge in [0.1, 0.15) is 0 Å². The summed E-state index contributed by atoms with van der Waals surface area (Å²) in [4.78, 5) is 4.28. The minimum absolute atomic E-state index is 0.283. The first-order chi connectivity index (χ1) is 8.56. The number of nitrogens with one attached hydrogen (secondary N) is 1. The lowest BCUT2D eigenvalue weighted by molar-refractivity contribution is 0.419. The van der Waals surface area contributed by atoms with Gasteiger partial charge in [-0.3, -0.25) is 0 Å². The maximum atomic E-state index is 5.14. The van der Waals surface area contributed by atoms with E-state index < -0.39 is 0 Å². The van der Waals surface area contributed by atoms with E-state index in [1.807, 2.05) is 13.8 Å². The van der Waals surface area contributed by atoms with Gasteiger partial charge in [-0.15, -0.1) is 0 Å². The molecule has 0 aliphatic heterocycles. The van der Waals surface area contributed by atoms with E-state index in [4.69, 9.17) is 4.52 Å². The van der Waals surface area contributed by atoms with Crippen molar-refractivity contribution in [2.24, 2.45) is 0 Å². The molecule has 4 nitrogen and oxygen atoms in total. The van der Waals surface area contributed by atoms with E-state index in [1.165, 1.54) is 16.7 Å². The SMILES string of the molecule is Cc1ccc(CNc2nc(C(C)C)no2)c(C)c1. The maximum Gasteiger partial charge on any atom is 0.321 e. The summed E-state index contributed by atoms with van der Waals surface area (Å²) in [5.41, 5.74) is 3.78. The van der Waals surface area contributed by atoms with Crippen molar-refractivity contribution in [2.75, 3.05) is 5.32 Å². The molecule has 0 aliphatic carbocycles. The molecule has 0 saturated carbocycles. The molecule has 0 amide bonds. The minimum Gasteiger partial charge on any atom is -0.334 e. The number of nitrogens with zero attached hydrogens (tertiary/aromatic N) is 2. The van der Waals surface area contributed by atoms with Crippen molar-refractivity contribution in [3.63, 3.8) is 0 Å². The summed E-state index contributed by atoms with van der Waals surface area (Å²) in [6.07, 6.45) is 0. The van der Waals surface area contributed by atoms with E-state index in [0.29, 0.717) is 12.6 Å². The highest BCUT2D eigenvalue weighted by molar-refractivity contribution is 5.33. The standard InChI is InChI=1S/C14H19N3O/c1-9(2)13-16-14(18-17-13)15-8-12-6-5-10(3)7-11(12)4/h5-7,9H,8H2,1-4H3,(H,15,16,17). The third kappa shape index (κ3) is 2.88. The second kappa shape index (κ2) is 5.21. The summed E-state index contributed by atoms with van der Waals surface area (Å²) < 4.78 is 5.14. The Kier molecular flexibility index (Phi) is 3.65. The molecule has 0 spiro atoms. The van der Waals surface area contributed by atoms with Crippen LogP contribution < -0.4 is 5.32 Å². The van der Waals surface area contributed by atoms with Crippen molar-refractivity contribution in [3.8, 4) is 0 Å². The Morgan fingerprint density at radius 1 is 1.28 bits per heavy atom. The van der Waals surface area contributed by atoms with Crippen LogP contribution in [0.5, 0.6) is 0 Å². The molecule has 2 rings (SSSR count). The van der Waals surface area contributed by atoms with Crippen molar-refractivity contribution in [1.29, 1.82) is 0 Å². The fraction of sp³-hybridized carbons (Fsp3) is 0.429. The minimum atomic E-state index is 0.283. The maximum absolute atomic E-state index is 5.14. The van der Waals surface area contributed by atoms with Crippen LogP contribution >= 0.6 is 0 Å². The van der Waals surface area contributed by atoms with E-state index in [-0.39, 0.29) is 5.92 Å². The van der Waals surface area contributed by atoms with E-state index in [9.17, 15) is 0 Å². The van der Waals surface area contributed by atoms with Crippen LogP contribution in [0, 0.1) is 13.8 Å². The Balaban J connectivity index is 2.02. The summed E-state index contributed by atoms with van der Waals surface area (Å²) in [5, 5.41) is 7.07. The molecule has 0 aliphatic rings. The second-order valence-electron chi connectivity index (χ2n) is 4.90. The number of benzene rings is 1. The van der Waals surface area contributed by atoms with Gasteiger partial charge >= 0.3 is 6.01 Å². The van der Waals surface area contributed by atoms with Crippen molar-refractivity contribution in [2.45, 2.75) is 40.2 Å². The summed E-state index contributed by atoms with van der Waals surface area (Å²) in [5.74, 6) is 1.02. The quantitative estimate of drug-likeness (QED) is 0.896. The van der Waals surface area contributed by atoms with Gasteiger partial charge in [-0.1, -0.05) is 42.8 Å². The molecule has 1 aromatic heterocycles. The average molecular weight is 245 g/mol. The highest BCUT2D eigenvalue weighted by atomic mass is 16.5. The lowest BCUT2D eigenvalue weighted by atomic mass is 10.1. The fourth-order valence-corrected chi connectivity index (χ4v) is 1.76. The van der Waals surface area contributed by atoms with Gasteiger partial charge in [0.25, 0.3) is 0 Å². The number of hydrogen-bond acceptors (Lipinski definition) is 4. The van der Waals surface area contributed by atoms with Crippen LogP contribution in [0.4, 0.5) is 6.01 Å². The number of aromatic nitrogens is 2. The lowest BCUT2D eigenvalue weighted by Crippen LogP contribution is -2.02. The van der Waals surface area contributed by atoms with Crippen LogP contribution in [0.3, 0.4) is 0 Å². The van der Waals surface area contributed by atoms with Gasteiger partial charge in [0.15, 0.2) is 5.82 Å². The Morgan fingerprint density at radius 2 is 2.06 bits per heavy atom. The first-order valence-electron chi connectivity index (χ1n) is 6.20. The van der Waals surface area contributed by atoms with Crippen LogP contribution in [-0.4, -0.2) is 10.1 Å². The highest BCUT2D eigenvalue weighted by Crippen LogP contribution is 2.15. The van der Waals surface area contributed by atoms with Gasteiger partial charge in [0.2, 0.25) is 0 Å². The summed E-state index contributed by atoms with van der Waals surface area (Å²) >= 11 is 0. The predicted octanol–water partition coefficient (Wildman–Crippen LogP) is 3.42. The number of aryl methyl sites for hydroxylation is 2. The predicted molar refractivity (Wildman–Crippen MR) is 71.6 cm³/mol. The molecule has 18 heavy (non-hydrogen) atoms. The van der Waals surface area contributed by atoms with Gasteiger partial charge in [0, 0.05) is 12.5 Å². The topological polar surface area (TPSA) is 51.0 Å². The molecule has 2 aromatic rings. The molecule has 0 saturated heterocycles. The van der Waals surface area contributed by atoms with Crippen LogP contribution in [0.15, 0.2) is 22.7 Å². The Labute approximate surface area is 107 Å². The van der Waals surface area contributed by atoms with E-state index >= 15 is 0 Å². The zero-order chi connectivity index (χ0) is 13.1. The van der Waals surface area contributed by atoms with Crippen molar-refractivity contribution in [3.05, 3.63) is 40.7 Å². The van der Waals surface area contributed by atoms with Crippen molar-refractivity contribution in [1.82, 2.24) is 10.1 Å². The van der Waals surface area contributed by atoms with Gasteiger partial charge in [-0.25, -0.2) is 0 Å². The molecule has 1 heterocycles. The molecule has 0 radical (unpaired) electrons. The fourth-order valence-electron chi connectivity index (χ4n) is 1.76. The summed E-state index contributed by atoms with van der Waals surface area (Å²) in [6.45, 7) is 8.98. The molecule has 1 N–H and O–H groups in total. The monoisotopic (exact) mass is 245 g/mol. The number of anilines is 1. The van der Waals surface area contributed by atoms with Crippen LogP contribution in [-0.2, 0) is 6.54 Å². The smallest absolute Gasteiger partial charge is 0.321 e. The number of hydrogen-bond donors (Lipinski definition) is 1. The van der Waals surface area contributed by atoms with Gasteiger partial charge in [0.05, 0.1) is 0 Å². The summed E-state index contributed by atoms with van der Waals surface area (Å²) in [7, 11) is 0. The molecule has 1 aromatic carbocycles. The molecule has 0 fully saturated rings. The molecule has 0 bridgehead atoms. The zero-order valence-corrected chi connectivity index (χ0v) is 11.3. The molecule has 4 heteroatoms. The molecular formula is C14H19N3O. The van der Waals surface area contributed by atoms with E-state index in [2.05, 4.69) is 47.5 Å². The van der Waals surface area contributed by atoms with Crippen LogP contribution in [0.2, 0.25) is 0 Å². The van der Waals surface area contributed by atoms with E-state index in [0.717, 1.165) is 5.82 Å². The van der Waals surface area contributed by atoms with Gasteiger partial charge in [-0.05, 0) is 25.0 Å². The normalized spacial score (nSPS) is 10.9. The van der Waals surface area contributed by atoms with Gasteiger partial charge in [-0.2, -0.15) is 4.98 Å². The first kappa shape index (κ1) is 12.6. The van der Waals surface area contributed by atoms with Gasteiger partial charge < -0.3 is 9.84 Å². The van der Waals surface area contributed by atoms with Crippen molar-refractivity contribution >= 4 is 6.01 Å².